The van der Waals surface area contributed by atoms with E-state index in [4.69, 9.17) is 0 Å². The number of nitrogens with zero attached hydrogens (tertiary/aromatic N) is 3. The normalized spacial score (nSPS) is 10.8. The van der Waals surface area contributed by atoms with E-state index < -0.39 is 0 Å². The van der Waals surface area contributed by atoms with E-state index in [0.717, 1.165) is 0 Å². The number of allylic oxidation sites excluding steroid dienone is 1. The van der Waals surface area contributed by atoms with Gasteiger partial charge in [0.2, 0.25) is 0 Å². The maximum atomic E-state index is 11.9. The van der Waals surface area contributed by atoms with Gasteiger partial charge in [0.1, 0.15) is 5.52 Å². The summed E-state index contributed by atoms with van der Waals surface area (Å²) in [4.78, 5) is 30.5. The van der Waals surface area contributed by atoms with Crippen LogP contribution in [-0.2, 0) is 13.1 Å². The van der Waals surface area contributed by atoms with Gasteiger partial charge in [0.05, 0.1) is 6.33 Å². The Hall–Kier alpha value is -2.11. The molecule has 2 aromatic rings. The summed E-state index contributed by atoms with van der Waals surface area (Å²) >= 11 is 0. The van der Waals surface area contributed by atoms with Gasteiger partial charge in [0, 0.05) is 13.1 Å². The first kappa shape index (κ1) is 10.4. The molecule has 0 fully saturated rings. The van der Waals surface area contributed by atoms with Crippen molar-refractivity contribution in [1.82, 2.24) is 19.1 Å². The molecule has 0 unspecified atom stereocenters. The zero-order chi connectivity index (χ0) is 11.7. The van der Waals surface area contributed by atoms with Gasteiger partial charge in [-0.05, 0) is 6.92 Å². The highest BCUT2D eigenvalue weighted by Gasteiger charge is 2.12. The minimum atomic E-state index is -0.355. The molecule has 2 rings (SSSR count). The van der Waals surface area contributed by atoms with E-state index in [0.29, 0.717) is 24.3 Å². The fourth-order valence-electron chi connectivity index (χ4n) is 1.68. The van der Waals surface area contributed by atoms with Crippen molar-refractivity contribution < 1.29 is 0 Å². The van der Waals surface area contributed by atoms with Crippen LogP contribution in [0.25, 0.3) is 11.2 Å². The molecule has 0 atom stereocenters. The Balaban J connectivity index is 2.97. The lowest BCUT2D eigenvalue weighted by atomic mass is 10.4. The minimum absolute atomic E-state index is 0.333. The quantitative estimate of drug-likeness (QED) is 0.745. The molecule has 16 heavy (non-hydrogen) atoms. The van der Waals surface area contributed by atoms with Crippen LogP contribution >= 0.6 is 0 Å². The molecule has 0 aliphatic rings. The smallest absolute Gasteiger partial charge is 0.333 e. The summed E-state index contributed by atoms with van der Waals surface area (Å²) < 4.78 is 2.59. The molecule has 0 radical (unpaired) electrons. The lowest BCUT2D eigenvalue weighted by Crippen LogP contribution is -2.39. The summed E-state index contributed by atoms with van der Waals surface area (Å²) in [6.07, 6.45) is 3.01. The SMILES string of the molecule is C=CCn1c(=O)n(CC)c(=O)c2[nH]cnc21. The molecule has 0 saturated heterocycles. The topological polar surface area (TPSA) is 72.7 Å². The molecule has 1 N–H and O–H groups in total. The second-order valence-electron chi connectivity index (χ2n) is 3.33. The van der Waals surface area contributed by atoms with E-state index in [9.17, 15) is 9.59 Å². The first-order chi connectivity index (χ1) is 7.70. The predicted molar refractivity (Wildman–Crippen MR) is 60.5 cm³/mol. The molecule has 6 nitrogen and oxygen atoms in total. The van der Waals surface area contributed by atoms with Crippen molar-refractivity contribution in [3.05, 3.63) is 39.8 Å². The molecular formula is C10H12N4O2. The van der Waals surface area contributed by atoms with Gasteiger partial charge in [-0.1, -0.05) is 6.08 Å². The number of hydrogen-bond donors (Lipinski definition) is 1. The number of nitrogens with one attached hydrogen (secondary N) is 1. The van der Waals surface area contributed by atoms with E-state index in [2.05, 4.69) is 16.5 Å². The summed E-state index contributed by atoms with van der Waals surface area (Å²) in [7, 11) is 0. The van der Waals surface area contributed by atoms with Crippen molar-refractivity contribution >= 4 is 11.2 Å². The summed E-state index contributed by atoms with van der Waals surface area (Å²) in [5.41, 5.74) is 0.0372. The number of imidazole rings is 1. The van der Waals surface area contributed by atoms with Crippen LogP contribution in [0, 0.1) is 0 Å². The predicted octanol–water partition coefficient (Wildman–Crippen LogP) is 0.0922. The molecule has 0 aliphatic heterocycles. The summed E-state index contributed by atoms with van der Waals surface area (Å²) in [6.45, 7) is 6.01. The summed E-state index contributed by atoms with van der Waals surface area (Å²) in [6, 6.07) is 0. The van der Waals surface area contributed by atoms with Crippen LogP contribution in [0.4, 0.5) is 0 Å². The van der Waals surface area contributed by atoms with Gasteiger partial charge in [-0.25, -0.2) is 9.78 Å². The van der Waals surface area contributed by atoms with Gasteiger partial charge in [0.15, 0.2) is 5.65 Å². The Labute approximate surface area is 90.9 Å². The van der Waals surface area contributed by atoms with E-state index in [1.807, 2.05) is 0 Å². The second kappa shape index (κ2) is 3.80. The van der Waals surface area contributed by atoms with Crippen molar-refractivity contribution in [3.63, 3.8) is 0 Å². The monoisotopic (exact) mass is 220 g/mol. The third kappa shape index (κ3) is 1.30. The highest BCUT2D eigenvalue weighted by molar-refractivity contribution is 5.68. The van der Waals surface area contributed by atoms with Crippen LogP contribution in [0.5, 0.6) is 0 Å². The maximum Gasteiger partial charge on any atom is 0.333 e. The number of H-pyrrole nitrogens is 1. The van der Waals surface area contributed by atoms with Crippen molar-refractivity contribution in [3.8, 4) is 0 Å². The number of hydrogen-bond acceptors (Lipinski definition) is 3. The molecule has 0 amide bonds. The molecule has 0 spiro atoms. The Morgan fingerprint density at radius 2 is 2.25 bits per heavy atom. The standard InChI is InChI=1S/C10H12N4O2/c1-3-5-14-8-7(11-6-12-8)9(15)13(4-2)10(14)16/h3,6H,1,4-5H2,2H3,(H,11,12). The Bertz CT molecular complexity index is 647. The lowest BCUT2D eigenvalue weighted by Gasteiger charge is -2.07. The average molecular weight is 220 g/mol. The number of fused-ring (bicyclic) bond motifs is 1. The Kier molecular flexibility index (Phi) is 2.47. The fourth-order valence-corrected chi connectivity index (χ4v) is 1.68. The van der Waals surface area contributed by atoms with Crippen LogP contribution in [0.15, 0.2) is 28.6 Å². The van der Waals surface area contributed by atoms with Gasteiger partial charge in [-0.15, -0.1) is 6.58 Å². The van der Waals surface area contributed by atoms with Gasteiger partial charge >= 0.3 is 5.69 Å². The molecule has 6 heteroatoms. The molecule has 0 bridgehead atoms. The zero-order valence-electron chi connectivity index (χ0n) is 8.93. The fraction of sp³-hybridized carbons (Fsp3) is 0.300. The van der Waals surface area contributed by atoms with Gasteiger partial charge in [-0.2, -0.15) is 0 Å². The number of aromatic nitrogens is 4. The molecule has 0 saturated carbocycles. The third-order valence-electron chi connectivity index (χ3n) is 2.42. The Morgan fingerprint density at radius 1 is 1.50 bits per heavy atom. The van der Waals surface area contributed by atoms with E-state index >= 15 is 0 Å². The van der Waals surface area contributed by atoms with Crippen LogP contribution in [0.1, 0.15) is 6.92 Å². The molecule has 2 heterocycles. The number of rotatable bonds is 3. The lowest BCUT2D eigenvalue weighted by molar-refractivity contribution is 0.620. The third-order valence-corrected chi connectivity index (χ3v) is 2.42. The largest absolute Gasteiger partial charge is 0.339 e. The zero-order valence-corrected chi connectivity index (χ0v) is 8.93. The van der Waals surface area contributed by atoms with Gasteiger partial charge in [-0.3, -0.25) is 13.9 Å². The average Bonchev–Trinajstić information content (AvgIpc) is 2.74. The first-order valence-electron chi connectivity index (χ1n) is 4.98. The van der Waals surface area contributed by atoms with Crippen LogP contribution < -0.4 is 11.2 Å². The maximum absolute atomic E-state index is 11.9. The van der Waals surface area contributed by atoms with Gasteiger partial charge in [0.25, 0.3) is 5.56 Å². The van der Waals surface area contributed by atoms with E-state index in [-0.39, 0.29) is 11.2 Å². The first-order valence-corrected chi connectivity index (χ1v) is 4.98. The van der Waals surface area contributed by atoms with Gasteiger partial charge < -0.3 is 4.98 Å². The summed E-state index contributed by atoms with van der Waals surface area (Å²) in [5.74, 6) is 0. The molecule has 0 aromatic carbocycles. The second-order valence-corrected chi connectivity index (χ2v) is 3.33. The Morgan fingerprint density at radius 3 is 2.88 bits per heavy atom. The molecule has 2 aromatic heterocycles. The van der Waals surface area contributed by atoms with Crippen LogP contribution in [0.2, 0.25) is 0 Å². The minimum Gasteiger partial charge on any atom is -0.339 e. The number of aromatic amines is 1. The van der Waals surface area contributed by atoms with E-state index in [1.165, 1.54) is 15.5 Å². The van der Waals surface area contributed by atoms with Crippen molar-refractivity contribution in [1.29, 1.82) is 0 Å². The summed E-state index contributed by atoms with van der Waals surface area (Å²) in [5, 5.41) is 0. The van der Waals surface area contributed by atoms with Crippen LogP contribution in [0.3, 0.4) is 0 Å². The van der Waals surface area contributed by atoms with Crippen molar-refractivity contribution in [2.75, 3.05) is 0 Å². The van der Waals surface area contributed by atoms with Crippen LogP contribution in [-0.4, -0.2) is 19.1 Å². The highest BCUT2D eigenvalue weighted by atomic mass is 16.2. The molecule has 84 valence electrons. The van der Waals surface area contributed by atoms with Crippen molar-refractivity contribution in [2.45, 2.75) is 20.0 Å². The van der Waals surface area contributed by atoms with E-state index in [1.54, 1.807) is 13.0 Å². The molecule has 0 aliphatic carbocycles. The highest BCUT2D eigenvalue weighted by Crippen LogP contribution is 2.00. The van der Waals surface area contributed by atoms with Crippen molar-refractivity contribution in [2.24, 2.45) is 0 Å². The molecular weight excluding hydrogens is 208 g/mol.